The van der Waals surface area contributed by atoms with Crippen LogP contribution in [0.4, 0.5) is 79.0 Å². The zero-order valence-corrected chi connectivity index (χ0v) is 12.4. The molecule has 170 valence electrons. The fourth-order valence-corrected chi connectivity index (χ4v) is 1.55. The second-order valence-corrected chi connectivity index (χ2v) is 5.26. The molecule has 0 N–H and O–H groups in total. The number of hydrogen-bond acceptors (Lipinski definition) is 0. The van der Waals surface area contributed by atoms with E-state index in [0.29, 0.717) is 0 Å². The lowest BCUT2D eigenvalue weighted by Gasteiger charge is -2.42. The van der Waals surface area contributed by atoms with Crippen LogP contribution in [0.25, 0.3) is 0 Å². The Kier molecular flexibility index (Phi) is 6.08. The lowest BCUT2D eigenvalue weighted by atomic mass is 9.83. The molecule has 0 nitrogen and oxygen atoms in total. The minimum Gasteiger partial charge on any atom is -0.199 e. The molecule has 0 aliphatic heterocycles. The lowest BCUT2D eigenvalue weighted by molar-refractivity contribution is -0.435. The summed E-state index contributed by atoms with van der Waals surface area (Å²) in [5, 5.41) is 0. The van der Waals surface area contributed by atoms with Crippen molar-refractivity contribution < 1.29 is 79.0 Å². The van der Waals surface area contributed by atoms with E-state index >= 15 is 0 Å². The topological polar surface area (TPSA) is 0 Å². The summed E-state index contributed by atoms with van der Waals surface area (Å²) < 4.78 is 226. The molecule has 0 atom stereocenters. The second kappa shape index (κ2) is 6.37. The largest absolute Gasteiger partial charge is 0.460 e. The highest BCUT2D eigenvalue weighted by Gasteiger charge is 2.89. The summed E-state index contributed by atoms with van der Waals surface area (Å²) >= 11 is 0. The van der Waals surface area contributed by atoms with Crippen LogP contribution >= 0.6 is 0 Å². The van der Waals surface area contributed by atoms with Gasteiger partial charge in [0.15, 0.2) is 0 Å². The molecule has 0 aromatic heterocycles. The Bertz CT molecular complexity index is 512. The summed E-state index contributed by atoms with van der Waals surface area (Å²) in [5.41, 5.74) is 0. The summed E-state index contributed by atoms with van der Waals surface area (Å²) in [7, 11) is 0. The highest BCUT2D eigenvalue weighted by Crippen LogP contribution is 2.62. The second-order valence-electron chi connectivity index (χ2n) is 5.26. The molecule has 0 spiro atoms. The Labute approximate surface area is 141 Å². The van der Waals surface area contributed by atoms with Crippen molar-refractivity contribution in [2.45, 2.75) is 54.8 Å². The average molecular weight is 466 g/mol. The Morgan fingerprint density at radius 3 is 0.679 bits per heavy atom. The van der Waals surface area contributed by atoms with Gasteiger partial charge in [-0.3, -0.25) is 0 Å². The van der Waals surface area contributed by atoms with E-state index in [-0.39, 0.29) is 0 Å². The van der Waals surface area contributed by atoms with Gasteiger partial charge >= 0.3 is 47.9 Å². The third kappa shape index (κ3) is 3.33. The molecule has 0 aliphatic rings. The van der Waals surface area contributed by atoms with Gasteiger partial charge in [0.05, 0.1) is 5.92 Å². The molecule has 0 amide bonds. The Morgan fingerprint density at radius 2 is 0.536 bits per heavy atom. The normalized spacial score (nSPS) is 16.7. The molecule has 18 heteroatoms. The Hall–Kier alpha value is -1.26. The SMILES string of the molecule is CC(C(F)(F)C(F)(F)C(F)(F)C(F)(F)F)C(F)(F)C(F)(F)C(F)(F)C(F)(F)F. The molecule has 0 aromatic rings. The standard InChI is InChI=1S/C10H4F18/c1-2(3(11,12)5(15,16)7(19,20)9(23,24)25)4(13,14)6(17,18)8(21,22)10(26,27)28/h2H,1H3. The van der Waals surface area contributed by atoms with Gasteiger partial charge in [0.25, 0.3) is 0 Å². The predicted octanol–water partition coefficient (Wildman–Crippen LogP) is 6.56. The van der Waals surface area contributed by atoms with E-state index in [1.165, 1.54) is 0 Å². The maximum absolute atomic E-state index is 13.3. The molecule has 0 aromatic carbocycles. The van der Waals surface area contributed by atoms with Gasteiger partial charge < -0.3 is 0 Å². The minimum absolute atomic E-state index is 1.33. The maximum Gasteiger partial charge on any atom is 0.460 e. The number of rotatable bonds is 6. The van der Waals surface area contributed by atoms with E-state index in [1.54, 1.807) is 0 Å². The van der Waals surface area contributed by atoms with Crippen LogP contribution in [-0.4, -0.2) is 47.9 Å². The van der Waals surface area contributed by atoms with E-state index < -0.39 is 60.7 Å². The molecule has 0 rings (SSSR count). The van der Waals surface area contributed by atoms with Gasteiger partial charge in [0.1, 0.15) is 0 Å². The molecule has 0 saturated heterocycles. The maximum atomic E-state index is 13.3. The average Bonchev–Trinajstić information content (AvgIpc) is 2.42. The van der Waals surface area contributed by atoms with Gasteiger partial charge in [-0.15, -0.1) is 0 Å². The van der Waals surface area contributed by atoms with Crippen LogP contribution in [0.5, 0.6) is 0 Å². The first kappa shape index (κ1) is 26.7. The highest BCUT2D eigenvalue weighted by molar-refractivity contribution is 5.10. The number of hydrogen-bond donors (Lipinski definition) is 0. The zero-order valence-electron chi connectivity index (χ0n) is 12.4. The van der Waals surface area contributed by atoms with E-state index in [0.717, 1.165) is 0 Å². The Balaban J connectivity index is 6.50. The fourth-order valence-electron chi connectivity index (χ4n) is 1.55. The van der Waals surface area contributed by atoms with Gasteiger partial charge in [0.2, 0.25) is 0 Å². The third-order valence-corrected chi connectivity index (χ3v) is 3.43. The van der Waals surface area contributed by atoms with Crippen LogP contribution in [0.1, 0.15) is 6.92 Å². The molecule has 0 unspecified atom stereocenters. The summed E-state index contributed by atoms with van der Waals surface area (Å²) in [6.45, 7) is -1.33. The third-order valence-electron chi connectivity index (χ3n) is 3.43. The van der Waals surface area contributed by atoms with Crippen LogP contribution in [0, 0.1) is 5.92 Å². The first-order valence-electron chi connectivity index (χ1n) is 6.06. The molecule has 0 bridgehead atoms. The monoisotopic (exact) mass is 466 g/mol. The molecule has 0 saturated carbocycles. The zero-order chi connectivity index (χ0) is 23.6. The van der Waals surface area contributed by atoms with Crippen LogP contribution in [0.3, 0.4) is 0 Å². The lowest BCUT2D eigenvalue weighted by Crippen LogP contribution is -2.69. The van der Waals surface area contributed by atoms with Crippen LogP contribution in [0.15, 0.2) is 0 Å². The van der Waals surface area contributed by atoms with Gasteiger partial charge in [-0.25, -0.2) is 0 Å². The molecule has 28 heavy (non-hydrogen) atoms. The van der Waals surface area contributed by atoms with Crippen LogP contribution in [-0.2, 0) is 0 Å². The van der Waals surface area contributed by atoms with Gasteiger partial charge in [-0.1, -0.05) is 6.92 Å². The fraction of sp³-hybridized carbons (Fsp3) is 1.00. The van der Waals surface area contributed by atoms with Crippen molar-refractivity contribution in [1.82, 2.24) is 0 Å². The summed E-state index contributed by atoms with van der Waals surface area (Å²) in [6, 6.07) is 0. The summed E-state index contributed by atoms with van der Waals surface area (Å²) in [6.07, 6.45) is -15.2. The molecule has 0 heterocycles. The predicted molar refractivity (Wildman–Crippen MR) is 51.0 cm³/mol. The van der Waals surface area contributed by atoms with Gasteiger partial charge in [-0.2, -0.15) is 79.0 Å². The van der Waals surface area contributed by atoms with Gasteiger partial charge in [0, 0.05) is 0 Å². The molecule has 0 radical (unpaired) electrons. The van der Waals surface area contributed by atoms with Crippen LogP contribution in [0.2, 0.25) is 0 Å². The van der Waals surface area contributed by atoms with Crippen molar-refractivity contribution in [3.05, 3.63) is 0 Å². The van der Waals surface area contributed by atoms with Gasteiger partial charge in [-0.05, 0) is 0 Å². The highest BCUT2D eigenvalue weighted by atomic mass is 19.4. The molecular weight excluding hydrogens is 462 g/mol. The van der Waals surface area contributed by atoms with E-state index in [9.17, 15) is 79.0 Å². The van der Waals surface area contributed by atoms with Crippen molar-refractivity contribution in [3.8, 4) is 0 Å². The number of alkyl halides is 18. The molecule has 0 fully saturated rings. The first-order chi connectivity index (χ1) is 11.7. The van der Waals surface area contributed by atoms with E-state index in [1.807, 2.05) is 0 Å². The molecule has 0 aliphatic carbocycles. The number of halogens is 18. The summed E-state index contributed by atoms with van der Waals surface area (Å²) in [5.74, 6) is -52.3. The minimum atomic E-state index is -7.95. The van der Waals surface area contributed by atoms with Crippen molar-refractivity contribution >= 4 is 0 Å². The van der Waals surface area contributed by atoms with Crippen molar-refractivity contribution in [1.29, 1.82) is 0 Å². The van der Waals surface area contributed by atoms with Crippen LogP contribution < -0.4 is 0 Å². The molecular formula is C10H4F18. The van der Waals surface area contributed by atoms with E-state index in [4.69, 9.17) is 0 Å². The quantitative estimate of drug-likeness (QED) is 0.389. The summed E-state index contributed by atoms with van der Waals surface area (Å²) in [4.78, 5) is 0. The van der Waals surface area contributed by atoms with Crippen molar-refractivity contribution in [2.75, 3.05) is 0 Å². The van der Waals surface area contributed by atoms with Crippen molar-refractivity contribution in [2.24, 2.45) is 5.92 Å². The smallest absolute Gasteiger partial charge is 0.199 e. The van der Waals surface area contributed by atoms with E-state index in [2.05, 4.69) is 0 Å². The van der Waals surface area contributed by atoms with Crippen molar-refractivity contribution in [3.63, 3.8) is 0 Å². The first-order valence-corrected chi connectivity index (χ1v) is 6.06. The Morgan fingerprint density at radius 1 is 0.357 bits per heavy atom.